The maximum Gasteiger partial charge on any atom is 0.226 e. The van der Waals surface area contributed by atoms with E-state index in [2.05, 4.69) is 36.4 Å². The largest absolute Gasteiger partial charge is 0.356 e. The number of nitrogens with zero attached hydrogens (tertiary/aromatic N) is 2. The zero-order chi connectivity index (χ0) is 42.8. The van der Waals surface area contributed by atoms with Crippen molar-refractivity contribution in [3.8, 4) is 0 Å². The second-order valence-electron chi connectivity index (χ2n) is 19.2. The second-order valence-corrected chi connectivity index (χ2v) is 19.2. The fourth-order valence-corrected chi connectivity index (χ4v) is 9.04. The molecule has 0 aliphatic carbocycles. The number of carbonyl (C=O) groups excluding carboxylic acids is 3. The second kappa shape index (κ2) is 41.7. The molecule has 1 fully saturated rings. The van der Waals surface area contributed by atoms with E-state index < -0.39 is 0 Å². The summed E-state index contributed by atoms with van der Waals surface area (Å²) >= 11 is 0. The van der Waals surface area contributed by atoms with Crippen molar-refractivity contribution in [2.45, 2.75) is 271 Å². The van der Waals surface area contributed by atoms with E-state index in [0.29, 0.717) is 25.2 Å². The molecular formula is C52H103N4O3+. The van der Waals surface area contributed by atoms with Crippen LogP contribution in [0, 0.1) is 0 Å². The van der Waals surface area contributed by atoms with Crippen LogP contribution in [0.5, 0.6) is 0 Å². The van der Waals surface area contributed by atoms with Crippen molar-refractivity contribution in [2.24, 2.45) is 0 Å². The van der Waals surface area contributed by atoms with E-state index in [1.807, 2.05) is 0 Å². The highest BCUT2D eigenvalue weighted by molar-refractivity contribution is 5.76. The maximum atomic E-state index is 12.9. The van der Waals surface area contributed by atoms with Gasteiger partial charge in [0.2, 0.25) is 17.7 Å². The SMILES string of the molecule is CCCCCCCCCCCCCCCCCC(=O)NCCCC[N+](C)(CCCCNC(=O)CCCCCCCCCCCCCCCCC)CN1CCCCCC1=O. The Morgan fingerprint density at radius 1 is 0.458 bits per heavy atom. The summed E-state index contributed by atoms with van der Waals surface area (Å²) in [5, 5.41) is 6.36. The van der Waals surface area contributed by atoms with Gasteiger partial charge in [0.15, 0.2) is 6.67 Å². The van der Waals surface area contributed by atoms with E-state index in [-0.39, 0.29) is 11.8 Å². The number of hydrogen-bond donors (Lipinski definition) is 2. The Morgan fingerprint density at radius 2 is 0.797 bits per heavy atom. The molecule has 348 valence electrons. The van der Waals surface area contributed by atoms with Crippen LogP contribution in [0.1, 0.15) is 271 Å². The van der Waals surface area contributed by atoms with Crippen LogP contribution in [0.2, 0.25) is 0 Å². The van der Waals surface area contributed by atoms with E-state index in [1.165, 1.54) is 180 Å². The Hall–Kier alpha value is -1.63. The van der Waals surface area contributed by atoms with Gasteiger partial charge in [0.25, 0.3) is 0 Å². The summed E-state index contributed by atoms with van der Waals surface area (Å²) in [5.41, 5.74) is 0. The average molecular weight is 832 g/mol. The predicted octanol–water partition coefficient (Wildman–Crippen LogP) is 14.1. The van der Waals surface area contributed by atoms with Crippen LogP contribution in [0.3, 0.4) is 0 Å². The molecule has 2 N–H and O–H groups in total. The van der Waals surface area contributed by atoms with Gasteiger partial charge in [-0.1, -0.05) is 200 Å². The van der Waals surface area contributed by atoms with Crippen LogP contribution >= 0.6 is 0 Å². The van der Waals surface area contributed by atoms with E-state index in [1.54, 1.807) is 0 Å². The van der Waals surface area contributed by atoms with Crippen LogP contribution in [-0.2, 0) is 14.4 Å². The van der Waals surface area contributed by atoms with Gasteiger partial charge in [-0.05, 0) is 51.4 Å². The van der Waals surface area contributed by atoms with Crippen LogP contribution < -0.4 is 10.6 Å². The molecule has 0 spiro atoms. The van der Waals surface area contributed by atoms with Crippen molar-refractivity contribution in [1.82, 2.24) is 15.5 Å². The number of amides is 3. The molecule has 0 saturated carbocycles. The molecule has 0 bridgehead atoms. The third kappa shape index (κ3) is 36.7. The monoisotopic (exact) mass is 832 g/mol. The fraction of sp³-hybridized carbons (Fsp3) is 0.942. The van der Waals surface area contributed by atoms with Crippen molar-refractivity contribution >= 4 is 17.7 Å². The molecule has 59 heavy (non-hydrogen) atoms. The Morgan fingerprint density at radius 3 is 1.15 bits per heavy atom. The van der Waals surface area contributed by atoms with E-state index in [4.69, 9.17) is 0 Å². The summed E-state index contributed by atoms with van der Waals surface area (Å²) in [6.45, 7) is 9.71. The van der Waals surface area contributed by atoms with Gasteiger partial charge in [-0.15, -0.1) is 0 Å². The van der Waals surface area contributed by atoms with Gasteiger partial charge in [-0.3, -0.25) is 19.3 Å². The zero-order valence-corrected chi connectivity index (χ0v) is 40.1. The Labute approximate surface area is 368 Å². The van der Waals surface area contributed by atoms with E-state index in [0.717, 1.165) is 102 Å². The van der Waals surface area contributed by atoms with Gasteiger partial charge in [-0.25, -0.2) is 0 Å². The highest BCUT2D eigenvalue weighted by Gasteiger charge is 2.28. The standard InChI is InChI=1S/C52H102N4O3/c1-4-6-8-10-12-14-16-18-20-22-24-26-28-30-33-41-50(57)53-44-36-39-47-56(3,49-55-46-38-32-35-43-52(55)59)48-40-37-45-54-51(58)42-34-31-29-27-25-23-21-19-17-15-13-11-9-7-5-2/h4-49H2,1-3H3,(H-,53,54,57,58)/p+1. The summed E-state index contributed by atoms with van der Waals surface area (Å²) in [6.07, 6.45) is 49.5. The first-order chi connectivity index (χ1) is 28.9. The molecule has 1 saturated heterocycles. The number of unbranched alkanes of at least 4 members (excludes halogenated alkanes) is 30. The van der Waals surface area contributed by atoms with Crippen LogP contribution in [0.4, 0.5) is 0 Å². The van der Waals surface area contributed by atoms with Crippen molar-refractivity contribution in [3.05, 3.63) is 0 Å². The van der Waals surface area contributed by atoms with Crippen molar-refractivity contribution in [1.29, 1.82) is 0 Å². The molecule has 0 aromatic heterocycles. The zero-order valence-electron chi connectivity index (χ0n) is 40.1. The summed E-state index contributed by atoms with van der Waals surface area (Å²) in [7, 11) is 2.31. The summed E-state index contributed by atoms with van der Waals surface area (Å²) in [4.78, 5) is 40.1. The lowest BCUT2D eigenvalue weighted by Gasteiger charge is -2.39. The third-order valence-electron chi connectivity index (χ3n) is 13.1. The number of quaternary nitrogens is 1. The lowest BCUT2D eigenvalue weighted by atomic mass is 10.0. The van der Waals surface area contributed by atoms with Crippen LogP contribution in [0.25, 0.3) is 0 Å². The lowest BCUT2D eigenvalue weighted by Crippen LogP contribution is -2.54. The molecular weight excluding hydrogens is 729 g/mol. The normalized spacial score (nSPS) is 13.5. The molecule has 3 amide bonds. The molecule has 7 nitrogen and oxygen atoms in total. The highest BCUT2D eigenvalue weighted by Crippen LogP contribution is 2.18. The molecule has 0 radical (unpaired) electrons. The van der Waals surface area contributed by atoms with Gasteiger partial charge in [0.1, 0.15) is 0 Å². The smallest absolute Gasteiger partial charge is 0.226 e. The minimum absolute atomic E-state index is 0.203. The third-order valence-corrected chi connectivity index (χ3v) is 13.1. The highest BCUT2D eigenvalue weighted by atomic mass is 16.2. The van der Waals surface area contributed by atoms with Crippen molar-refractivity contribution < 1.29 is 18.9 Å². The van der Waals surface area contributed by atoms with Crippen LogP contribution in [-0.4, -0.2) is 73.5 Å². The molecule has 0 atom stereocenters. The Kier molecular flexibility index (Phi) is 39.2. The number of rotatable bonds is 44. The molecule has 7 heteroatoms. The summed E-state index contributed by atoms with van der Waals surface area (Å²) in [5.74, 6) is 0.714. The molecule has 1 aliphatic rings. The number of hydrogen-bond acceptors (Lipinski definition) is 3. The lowest BCUT2D eigenvalue weighted by molar-refractivity contribution is -0.918. The minimum Gasteiger partial charge on any atom is -0.356 e. The predicted molar refractivity (Wildman–Crippen MR) is 255 cm³/mol. The van der Waals surface area contributed by atoms with Gasteiger partial charge in [-0.2, -0.15) is 0 Å². The van der Waals surface area contributed by atoms with Gasteiger partial charge >= 0.3 is 0 Å². The van der Waals surface area contributed by atoms with Crippen LogP contribution in [0.15, 0.2) is 0 Å². The summed E-state index contributed by atoms with van der Waals surface area (Å²) < 4.78 is 0.853. The Bertz CT molecular complexity index is 902. The molecule has 0 aromatic carbocycles. The first-order valence-corrected chi connectivity index (χ1v) is 26.5. The van der Waals surface area contributed by atoms with E-state index >= 15 is 0 Å². The van der Waals surface area contributed by atoms with Crippen molar-refractivity contribution in [2.75, 3.05) is 46.4 Å². The molecule has 1 rings (SSSR count). The number of carbonyl (C=O) groups is 3. The van der Waals surface area contributed by atoms with Gasteiger partial charge < -0.3 is 15.1 Å². The minimum atomic E-state index is 0.203. The van der Waals surface area contributed by atoms with Gasteiger partial charge in [0.05, 0.1) is 20.1 Å². The summed E-state index contributed by atoms with van der Waals surface area (Å²) in [6, 6.07) is 0. The first-order valence-electron chi connectivity index (χ1n) is 26.5. The molecule has 0 aromatic rings. The fourth-order valence-electron chi connectivity index (χ4n) is 9.04. The first kappa shape index (κ1) is 55.4. The molecule has 1 heterocycles. The quantitative estimate of drug-likeness (QED) is 0.0474. The molecule has 1 aliphatic heterocycles. The number of nitrogens with one attached hydrogen (secondary N) is 2. The van der Waals surface area contributed by atoms with E-state index in [9.17, 15) is 14.4 Å². The Balaban J connectivity index is 2.14. The van der Waals surface area contributed by atoms with Crippen molar-refractivity contribution in [3.63, 3.8) is 0 Å². The molecule has 0 unspecified atom stereocenters. The maximum absolute atomic E-state index is 12.9. The average Bonchev–Trinajstić information content (AvgIpc) is 3.43. The topological polar surface area (TPSA) is 78.5 Å². The number of likely N-dealkylation sites (tertiary alicyclic amines) is 1. The van der Waals surface area contributed by atoms with Gasteiger partial charge in [0, 0.05) is 38.9 Å².